The molecule has 1 saturated heterocycles. The number of rotatable bonds is 3. The lowest BCUT2D eigenvalue weighted by Crippen LogP contribution is -2.59. The van der Waals surface area contributed by atoms with Crippen LogP contribution in [0.15, 0.2) is 30.3 Å². The maximum Gasteiger partial charge on any atom is 0.407 e. The molecule has 7 nitrogen and oxygen atoms in total. The van der Waals surface area contributed by atoms with Crippen LogP contribution in [0.2, 0.25) is 0 Å². The Morgan fingerprint density at radius 2 is 1.83 bits per heavy atom. The fraction of sp³-hybridized carbons (Fsp3) is 0.438. The SMILES string of the molecule is C[C@@H](NC(=O)OC(C)(C)C)C1(c2ccccc2)NC(=O)NC1=O. The summed E-state index contributed by atoms with van der Waals surface area (Å²) in [6.45, 7) is 6.87. The average molecular weight is 319 g/mol. The first-order valence-corrected chi connectivity index (χ1v) is 7.34. The lowest BCUT2D eigenvalue weighted by atomic mass is 9.83. The van der Waals surface area contributed by atoms with Crippen molar-refractivity contribution in [3.63, 3.8) is 0 Å². The van der Waals surface area contributed by atoms with Crippen LogP contribution in [-0.4, -0.2) is 29.7 Å². The van der Waals surface area contributed by atoms with Crippen molar-refractivity contribution in [2.75, 3.05) is 0 Å². The summed E-state index contributed by atoms with van der Waals surface area (Å²) in [5, 5.41) is 7.49. The zero-order chi connectivity index (χ0) is 17.3. The number of ether oxygens (including phenoxy) is 1. The number of benzene rings is 1. The van der Waals surface area contributed by atoms with Gasteiger partial charge >= 0.3 is 12.1 Å². The molecule has 0 bridgehead atoms. The maximum absolute atomic E-state index is 12.4. The van der Waals surface area contributed by atoms with Crippen LogP contribution in [0.25, 0.3) is 0 Å². The molecular weight excluding hydrogens is 298 g/mol. The summed E-state index contributed by atoms with van der Waals surface area (Å²) in [6, 6.07) is 7.45. The third-order valence-electron chi connectivity index (χ3n) is 3.51. The standard InChI is InChI=1S/C16H21N3O4/c1-10(17-14(22)23-15(2,3)4)16(11-8-6-5-7-9-11)12(20)18-13(21)19-16/h5-10H,1-4H3,(H,17,22)(H2,18,19,20,21)/t10-,16?/m1/s1. The Balaban J connectivity index is 2.31. The summed E-state index contributed by atoms with van der Waals surface area (Å²) < 4.78 is 5.22. The average Bonchev–Trinajstić information content (AvgIpc) is 2.73. The number of amides is 4. The van der Waals surface area contributed by atoms with Gasteiger partial charge in [0.15, 0.2) is 5.54 Å². The highest BCUT2D eigenvalue weighted by atomic mass is 16.6. The molecule has 1 aromatic carbocycles. The van der Waals surface area contributed by atoms with Gasteiger partial charge in [-0.15, -0.1) is 0 Å². The van der Waals surface area contributed by atoms with Crippen LogP contribution in [0.3, 0.4) is 0 Å². The van der Waals surface area contributed by atoms with E-state index in [2.05, 4.69) is 16.0 Å². The van der Waals surface area contributed by atoms with E-state index < -0.39 is 35.2 Å². The Morgan fingerprint density at radius 1 is 1.22 bits per heavy atom. The Bertz CT molecular complexity index is 624. The van der Waals surface area contributed by atoms with E-state index in [1.807, 2.05) is 0 Å². The predicted octanol–water partition coefficient (Wildman–Crippen LogP) is 1.63. The first-order chi connectivity index (χ1) is 10.6. The minimum Gasteiger partial charge on any atom is -0.444 e. The normalized spacial score (nSPS) is 22.1. The monoisotopic (exact) mass is 319 g/mol. The van der Waals surface area contributed by atoms with Crippen molar-refractivity contribution < 1.29 is 19.1 Å². The fourth-order valence-electron chi connectivity index (χ4n) is 2.52. The van der Waals surface area contributed by atoms with Crippen molar-refractivity contribution in [2.24, 2.45) is 0 Å². The third-order valence-corrected chi connectivity index (χ3v) is 3.51. The predicted molar refractivity (Wildman–Crippen MR) is 83.6 cm³/mol. The quantitative estimate of drug-likeness (QED) is 0.738. The van der Waals surface area contributed by atoms with Gasteiger partial charge in [-0.1, -0.05) is 30.3 Å². The number of hydrogen-bond donors (Lipinski definition) is 3. The molecule has 0 saturated carbocycles. The number of alkyl carbamates (subject to hydrolysis) is 1. The molecule has 0 aliphatic carbocycles. The van der Waals surface area contributed by atoms with Gasteiger partial charge in [0.2, 0.25) is 0 Å². The summed E-state index contributed by atoms with van der Waals surface area (Å²) in [5.41, 5.74) is -1.47. The van der Waals surface area contributed by atoms with Gasteiger partial charge in [-0.05, 0) is 33.3 Å². The van der Waals surface area contributed by atoms with Crippen LogP contribution >= 0.6 is 0 Å². The van der Waals surface area contributed by atoms with Crippen molar-refractivity contribution in [1.29, 1.82) is 0 Å². The van der Waals surface area contributed by atoms with Crippen LogP contribution in [0.5, 0.6) is 0 Å². The minimum atomic E-state index is -1.38. The molecule has 1 fully saturated rings. The van der Waals surface area contributed by atoms with Crippen molar-refractivity contribution in [2.45, 2.75) is 44.9 Å². The van der Waals surface area contributed by atoms with Gasteiger partial charge in [-0.3, -0.25) is 10.1 Å². The summed E-state index contributed by atoms with van der Waals surface area (Å²) in [4.78, 5) is 36.1. The molecule has 2 atom stereocenters. The molecule has 124 valence electrons. The number of hydrogen-bond acceptors (Lipinski definition) is 4. The molecule has 0 radical (unpaired) electrons. The van der Waals surface area contributed by atoms with Crippen molar-refractivity contribution in [3.8, 4) is 0 Å². The van der Waals surface area contributed by atoms with Crippen LogP contribution in [0.4, 0.5) is 9.59 Å². The van der Waals surface area contributed by atoms with E-state index in [0.29, 0.717) is 5.56 Å². The van der Waals surface area contributed by atoms with Crippen LogP contribution in [0, 0.1) is 0 Å². The minimum absolute atomic E-state index is 0.516. The van der Waals surface area contributed by atoms with Gasteiger partial charge in [-0.25, -0.2) is 9.59 Å². The fourth-order valence-corrected chi connectivity index (χ4v) is 2.52. The highest BCUT2D eigenvalue weighted by Gasteiger charge is 2.52. The number of urea groups is 1. The van der Waals surface area contributed by atoms with Crippen molar-refractivity contribution in [3.05, 3.63) is 35.9 Å². The topological polar surface area (TPSA) is 96.5 Å². The summed E-state index contributed by atoms with van der Waals surface area (Å²) in [6.07, 6.45) is -0.658. The third kappa shape index (κ3) is 3.44. The molecule has 1 aliphatic heterocycles. The van der Waals surface area contributed by atoms with E-state index in [1.54, 1.807) is 58.0 Å². The van der Waals surface area contributed by atoms with E-state index in [-0.39, 0.29) is 0 Å². The van der Waals surface area contributed by atoms with Crippen molar-refractivity contribution in [1.82, 2.24) is 16.0 Å². The van der Waals surface area contributed by atoms with E-state index in [1.165, 1.54) is 0 Å². The molecule has 1 aliphatic rings. The number of carbonyl (C=O) groups is 3. The van der Waals surface area contributed by atoms with Crippen molar-refractivity contribution >= 4 is 18.0 Å². The van der Waals surface area contributed by atoms with Gasteiger partial charge in [0, 0.05) is 0 Å². The van der Waals surface area contributed by atoms with E-state index >= 15 is 0 Å². The zero-order valence-corrected chi connectivity index (χ0v) is 13.6. The molecule has 0 spiro atoms. The summed E-state index contributed by atoms with van der Waals surface area (Å²) >= 11 is 0. The Kier molecular flexibility index (Phi) is 4.31. The lowest BCUT2D eigenvalue weighted by Gasteiger charge is -2.33. The van der Waals surface area contributed by atoms with Crippen LogP contribution < -0.4 is 16.0 Å². The zero-order valence-electron chi connectivity index (χ0n) is 13.6. The number of imide groups is 1. The second-order valence-electron chi connectivity index (χ2n) is 6.45. The molecule has 4 amide bonds. The maximum atomic E-state index is 12.4. The second kappa shape index (κ2) is 5.91. The Hall–Kier alpha value is -2.57. The highest BCUT2D eigenvalue weighted by Crippen LogP contribution is 2.29. The number of carbonyl (C=O) groups excluding carboxylic acids is 3. The van der Waals surface area contributed by atoms with Gasteiger partial charge in [0.25, 0.3) is 5.91 Å². The Morgan fingerprint density at radius 3 is 2.30 bits per heavy atom. The van der Waals surface area contributed by atoms with Gasteiger partial charge in [0.05, 0.1) is 6.04 Å². The van der Waals surface area contributed by atoms with E-state index in [4.69, 9.17) is 4.74 Å². The second-order valence-corrected chi connectivity index (χ2v) is 6.45. The summed E-state index contributed by atoms with van der Waals surface area (Å²) in [5.74, 6) is -0.516. The van der Waals surface area contributed by atoms with E-state index in [0.717, 1.165) is 0 Å². The Labute approximate surface area is 134 Å². The van der Waals surface area contributed by atoms with Gasteiger partial charge in [0.1, 0.15) is 5.60 Å². The summed E-state index contributed by atoms with van der Waals surface area (Å²) in [7, 11) is 0. The molecule has 1 heterocycles. The largest absolute Gasteiger partial charge is 0.444 e. The molecular formula is C16H21N3O4. The van der Waals surface area contributed by atoms with Gasteiger partial charge < -0.3 is 15.4 Å². The van der Waals surface area contributed by atoms with Crippen LogP contribution in [0.1, 0.15) is 33.3 Å². The molecule has 7 heteroatoms. The van der Waals surface area contributed by atoms with Gasteiger partial charge in [-0.2, -0.15) is 0 Å². The molecule has 1 unspecified atom stereocenters. The smallest absolute Gasteiger partial charge is 0.407 e. The number of nitrogens with one attached hydrogen (secondary N) is 3. The molecule has 2 rings (SSSR count). The first-order valence-electron chi connectivity index (χ1n) is 7.34. The first kappa shape index (κ1) is 16.8. The molecule has 23 heavy (non-hydrogen) atoms. The van der Waals surface area contributed by atoms with E-state index in [9.17, 15) is 14.4 Å². The molecule has 1 aromatic rings. The van der Waals surface area contributed by atoms with Crippen LogP contribution in [-0.2, 0) is 15.1 Å². The molecule has 3 N–H and O–H groups in total. The molecule has 0 aromatic heterocycles. The lowest BCUT2D eigenvalue weighted by molar-refractivity contribution is -0.125. The highest BCUT2D eigenvalue weighted by molar-refractivity contribution is 6.08.